The average molecular weight is 187 g/mol. The van der Waals surface area contributed by atoms with Gasteiger partial charge in [0, 0.05) is 6.42 Å². The number of aromatic amines is 1. The fourth-order valence-corrected chi connectivity index (χ4v) is 1.23. The quantitative estimate of drug-likeness (QED) is 0.734. The van der Waals surface area contributed by atoms with Gasteiger partial charge in [-0.05, 0) is 5.56 Å². The van der Waals surface area contributed by atoms with Crippen molar-refractivity contribution >= 4 is 6.29 Å². The van der Waals surface area contributed by atoms with Crippen LogP contribution < -0.4 is 0 Å². The molecule has 0 amide bonds. The first kappa shape index (κ1) is 8.62. The number of carbonyl (C=O) groups excluding carboxylic acids is 1. The summed E-state index contributed by atoms with van der Waals surface area (Å²) in [5.41, 5.74) is 1.14. The Labute approximate surface area is 81.0 Å². The molecule has 0 radical (unpaired) electrons. The Morgan fingerprint density at radius 3 is 2.71 bits per heavy atom. The first-order chi connectivity index (χ1) is 6.88. The summed E-state index contributed by atoms with van der Waals surface area (Å²) in [7, 11) is 0. The molecular formula is C10H9N3O. The molecule has 0 spiro atoms. The Morgan fingerprint density at radius 1 is 1.29 bits per heavy atom. The first-order valence-corrected chi connectivity index (χ1v) is 4.29. The van der Waals surface area contributed by atoms with E-state index in [2.05, 4.69) is 15.2 Å². The van der Waals surface area contributed by atoms with Gasteiger partial charge in [0.1, 0.15) is 5.82 Å². The number of hydrogen-bond donors (Lipinski definition) is 1. The molecule has 2 aromatic rings. The Morgan fingerprint density at radius 2 is 2.07 bits per heavy atom. The van der Waals surface area contributed by atoms with Gasteiger partial charge in [-0.2, -0.15) is 5.10 Å². The highest BCUT2D eigenvalue weighted by Crippen LogP contribution is 2.04. The van der Waals surface area contributed by atoms with E-state index in [4.69, 9.17) is 0 Å². The van der Waals surface area contributed by atoms with Gasteiger partial charge >= 0.3 is 0 Å². The summed E-state index contributed by atoms with van der Waals surface area (Å²) >= 11 is 0. The van der Waals surface area contributed by atoms with Crippen LogP contribution in [0.3, 0.4) is 0 Å². The van der Waals surface area contributed by atoms with E-state index in [0.29, 0.717) is 18.5 Å². The summed E-state index contributed by atoms with van der Waals surface area (Å²) in [6.45, 7) is 0. The maximum Gasteiger partial charge on any atom is 0.214 e. The highest BCUT2D eigenvalue weighted by Gasteiger charge is 2.01. The number of benzene rings is 1. The second kappa shape index (κ2) is 3.83. The van der Waals surface area contributed by atoms with Crippen molar-refractivity contribution in [3.63, 3.8) is 0 Å². The standard InChI is InChI=1S/C10H9N3O/c14-7-10-11-9(12-13-10)6-8-4-2-1-3-5-8/h1-5,7H,6H2,(H,11,12,13). The van der Waals surface area contributed by atoms with Crippen molar-refractivity contribution in [2.45, 2.75) is 6.42 Å². The van der Waals surface area contributed by atoms with E-state index >= 15 is 0 Å². The number of nitrogens with zero attached hydrogens (tertiary/aromatic N) is 2. The monoisotopic (exact) mass is 187 g/mol. The zero-order valence-electron chi connectivity index (χ0n) is 7.47. The Hall–Kier alpha value is -1.97. The molecule has 70 valence electrons. The van der Waals surface area contributed by atoms with Crippen molar-refractivity contribution in [1.29, 1.82) is 0 Å². The molecule has 1 N–H and O–H groups in total. The Kier molecular flexibility index (Phi) is 2.36. The highest BCUT2D eigenvalue weighted by atomic mass is 16.1. The minimum atomic E-state index is 0.205. The van der Waals surface area contributed by atoms with Crippen molar-refractivity contribution in [2.75, 3.05) is 0 Å². The second-order valence-corrected chi connectivity index (χ2v) is 2.92. The molecule has 0 aliphatic carbocycles. The van der Waals surface area contributed by atoms with Gasteiger partial charge in [0.15, 0.2) is 6.29 Å². The SMILES string of the molecule is O=Cc1n[nH]c(Cc2ccccc2)n1. The number of carbonyl (C=O) groups is 1. The number of nitrogens with one attached hydrogen (secondary N) is 1. The number of rotatable bonds is 3. The molecule has 1 heterocycles. The lowest BCUT2D eigenvalue weighted by Crippen LogP contribution is -1.90. The van der Waals surface area contributed by atoms with E-state index in [0.717, 1.165) is 5.56 Å². The fourth-order valence-electron chi connectivity index (χ4n) is 1.23. The van der Waals surface area contributed by atoms with E-state index in [1.165, 1.54) is 0 Å². The fraction of sp³-hybridized carbons (Fsp3) is 0.100. The van der Waals surface area contributed by atoms with Gasteiger partial charge in [-0.15, -0.1) is 0 Å². The van der Waals surface area contributed by atoms with E-state index in [-0.39, 0.29) is 5.82 Å². The highest BCUT2D eigenvalue weighted by molar-refractivity contribution is 5.68. The van der Waals surface area contributed by atoms with Crippen LogP contribution in [-0.2, 0) is 6.42 Å². The van der Waals surface area contributed by atoms with Crippen LogP contribution in [0.15, 0.2) is 30.3 Å². The largest absolute Gasteiger partial charge is 0.294 e. The number of hydrogen-bond acceptors (Lipinski definition) is 3. The van der Waals surface area contributed by atoms with Gasteiger partial charge in [-0.25, -0.2) is 4.98 Å². The summed E-state index contributed by atoms with van der Waals surface area (Å²) in [6, 6.07) is 9.89. The molecule has 2 rings (SSSR count). The molecule has 4 nitrogen and oxygen atoms in total. The molecule has 0 unspecified atom stereocenters. The normalized spacial score (nSPS) is 10.0. The molecule has 0 saturated carbocycles. The maximum absolute atomic E-state index is 10.3. The van der Waals surface area contributed by atoms with Crippen molar-refractivity contribution in [3.8, 4) is 0 Å². The molecule has 0 aliphatic heterocycles. The smallest absolute Gasteiger partial charge is 0.214 e. The molecule has 1 aromatic carbocycles. The topological polar surface area (TPSA) is 58.6 Å². The molecule has 0 bridgehead atoms. The first-order valence-electron chi connectivity index (χ1n) is 4.29. The molecule has 0 atom stereocenters. The zero-order valence-corrected chi connectivity index (χ0v) is 7.47. The molecule has 1 aromatic heterocycles. The third-order valence-corrected chi connectivity index (χ3v) is 1.87. The summed E-state index contributed by atoms with van der Waals surface area (Å²) in [5, 5.41) is 6.44. The molecule has 14 heavy (non-hydrogen) atoms. The lowest BCUT2D eigenvalue weighted by Gasteiger charge is -1.95. The second-order valence-electron chi connectivity index (χ2n) is 2.92. The Balaban J connectivity index is 2.15. The average Bonchev–Trinajstić information content (AvgIpc) is 2.67. The van der Waals surface area contributed by atoms with E-state index in [1.807, 2.05) is 30.3 Å². The van der Waals surface area contributed by atoms with Crippen molar-refractivity contribution in [2.24, 2.45) is 0 Å². The van der Waals surface area contributed by atoms with Crippen molar-refractivity contribution in [3.05, 3.63) is 47.5 Å². The molecule has 0 saturated heterocycles. The molecule has 0 aliphatic rings. The van der Waals surface area contributed by atoms with Crippen LogP contribution in [0.1, 0.15) is 22.0 Å². The van der Waals surface area contributed by atoms with E-state index in [9.17, 15) is 4.79 Å². The predicted octanol–water partition coefficient (Wildman–Crippen LogP) is 1.21. The summed E-state index contributed by atoms with van der Waals surface area (Å²) < 4.78 is 0. The van der Waals surface area contributed by atoms with E-state index in [1.54, 1.807) is 0 Å². The third-order valence-electron chi connectivity index (χ3n) is 1.87. The number of aldehydes is 1. The van der Waals surface area contributed by atoms with E-state index < -0.39 is 0 Å². The van der Waals surface area contributed by atoms with Gasteiger partial charge in [-0.1, -0.05) is 30.3 Å². The molecule has 4 heteroatoms. The minimum absolute atomic E-state index is 0.205. The summed E-state index contributed by atoms with van der Waals surface area (Å²) in [4.78, 5) is 14.3. The minimum Gasteiger partial charge on any atom is -0.294 e. The Bertz CT molecular complexity index is 422. The van der Waals surface area contributed by atoms with Crippen molar-refractivity contribution < 1.29 is 4.79 Å². The van der Waals surface area contributed by atoms with Gasteiger partial charge in [0.2, 0.25) is 5.82 Å². The summed E-state index contributed by atoms with van der Waals surface area (Å²) in [6.07, 6.45) is 1.30. The van der Waals surface area contributed by atoms with Crippen LogP contribution in [0, 0.1) is 0 Å². The van der Waals surface area contributed by atoms with Crippen LogP contribution in [0.25, 0.3) is 0 Å². The summed E-state index contributed by atoms with van der Waals surface area (Å²) in [5.74, 6) is 0.911. The van der Waals surface area contributed by atoms with Crippen LogP contribution in [0.5, 0.6) is 0 Å². The maximum atomic E-state index is 10.3. The van der Waals surface area contributed by atoms with Crippen LogP contribution in [0.4, 0.5) is 0 Å². The third kappa shape index (κ3) is 1.85. The number of H-pyrrole nitrogens is 1. The zero-order chi connectivity index (χ0) is 9.80. The van der Waals surface area contributed by atoms with Crippen LogP contribution in [0.2, 0.25) is 0 Å². The lowest BCUT2D eigenvalue weighted by atomic mass is 10.1. The van der Waals surface area contributed by atoms with Gasteiger partial charge < -0.3 is 0 Å². The lowest BCUT2D eigenvalue weighted by molar-refractivity contribution is 0.111. The van der Waals surface area contributed by atoms with Gasteiger partial charge in [-0.3, -0.25) is 9.89 Å². The van der Waals surface area contributed by atoms with Crippen molar-refractivity contribution in [1.82, 2.24) is 15.2 Å². The molecule has 0 fully saturated rings. The van der Waals surface area contributed by atoms with Gasteiger partial charge in [0.25, 0.3) is 0 Å². The molecular weight excluding hydrogens is 178 g/mol. The van der Waals surface area contributed by atoms with Crippen LogP contribution in [-0.4, -0.2) is 21.5 Å². The number of aromatic nitrogens is 3. The van der Waals surface area contributed by atoms with Gasteiger partial charge in [0.05, 0.1) is 0 Å². The van der Waals surface area contributed by atoms with Crippen LogP contribution >= 0.6 is 0 Å². The predicted molar refractivity (Wildman–Crippen MR) is 51.0 cm³/mol.